The van der Waals surface area contributed by atoms with Crippen molar-refractivity contribution in [3.63, 3.8) is 0 Å². The summed E-state index contributed by atoms with van der Waals surface area (Å²) in [5.74, 6) is -0.217. The summed E-state index contributed by atoms with van der Waals surface area (Å²) in [7, 11) is 0. The molecule has 0 aliphatic carbocycles. The maximum atomic E-state index is 13.0. The van der Waals surface area contributed by atoms with Gasteiger partial charge in [-0.2, -0.15) is 0 Å². The molecule has 3 heteroatoms. The second-order valence-electron chi connectivity index (χ2n) is 2.83. The number of aliphatic imine (C=N–C) groups is 1. The molecule has 62 valence electrons. The molecular formula is C9H7BrFN. The topological polar surface area (TPSA) is 12.4 Å². The lowest BCUT2D eigenvalue weighted by Gasteiger charge is -2.00. The van der Waals surface area contributed by atoms with E-state index < -0.39 is 0 Å². The van der Waals surface area contributed by atoms with Crippen molar-refractivity contribution in [3.05, 3.63) is 33.5 Å². The molecule has 1 aromatic carbocycles. The molecule has 0 spiro atoms. The predicted molar refractivity (Wildman–Crippen MR) is 50.0 cm³/mol. The first kappa shape index (κ1) is 7.92. The van der Waals surface area contributed by atoms with Crippen LogP contribution in [-0.4, -0.2) is 5.71 Å². The third-order valence-corrected chi connectivity index (χ3v) is 2.63. The number of fused-ring (bicyclic) bond motifs is 1. The number of nitrogens with zero attached hydrogens (tertiary/aromatic N) is 1. The first-order valence-electron chi connectivity index (χ1n) is 3.68. The maximum Gasteiger partial charge on any atom is 0.138 e. The fourth-order valence-corrected chi connectivity index (χ4v) is 1.74. The van der Waals surface area contributed by atoms with E-state index in [1.54, 1.807) is 6.07 Å². The summed E-state index contributed by atoms with van der Waals surface area (Å²) >= 11 is 3.14. The Balaban J connectivity index is 2.63. The summed E-state index contributed by atoms with van der Waals surface area (Å²) in [6.07, 6.45) is 0. The Hall–Kier alpha value is -0.700. The molecule has 0 amide bonds. The van der Waals surface area contributed by atoms with Crippen molar-refractivity contribution in [1.82, 2.24) is 0 Å². The molecule has 1 aliphatic heterocycles. The SMILES string of the molecule is CC1=NCc2cc(Br)c(F)cc21. The molecule has 0 N–H and O–H groups in total. The summed E-state index contributed by atoms with van der Waals surface area (Å²) in [5, 5.41) is 0. The minimum absolute atomic E-state index is 0.217. The Bertz CT molecular complexity index is 371. The fourth-order valence-electron chi connectivity index (χ4n) is 1.34. The van der Waals surface area contributed by atoms with E-state index in [-0.39, 0.29) is 5.82 Å². The molecule has 0 atom stereocenters. The number of benzene rings is 1. The highest BCUT2D eigenvalue weighted by atomic mass is 79.9. The van der Waals surface area contributed by atoms with E-state index in [9.17, 15) is 4.39 Å². The van der Waals surface area contributed by atoms with E-state index >= 15 is 0 Å². The number of rotatable bonds is 0. The molecule has 0 unspecified atom stereocenters. The molecule has 1 heterocycles. The van der Waals surface area contributed by atoms with Crippen LogP contribution in [0.25, 0.3) is 0 Å². The van der Waals surface area contributed by atoms with Crippen LogP contribution in [0.5, 0.6) is 0 Å². The van der Waals surface area contributed by atoms with Gasteiger partial charge in [-0.25, -0.2) is 4.39 Å². The van der Waals surface area contributed by atoms with Crippen LogP contribution in [0.4, 0.5) is 4.39 Å². The van der Waals surface area contributed by atoms with Gasteiger partial charge >= 0.3 is 0 Å². The molecule has 0 aromatic heterocycles. The summed E-state index contributed by atoms with van der Waals surface area (Å²) in [6, 6.07) is 3.33. The van der Waals surface area contributed by atoms with Gasteiger partial charge in [-0.05, 0) is 40.5 Å². The number of hydrogen-bond acceptors (Lipinski definition) is 1. The third-order valence-electron chi connectivity index (χ3n) is 2.02. The van der Waals surface area contributed by atoms with Crippen molar-refractivity contribution in [2.24, 2.45) is 4.99 Å². The van der Waals surface area contributed by atoms with Gasteiger partial charge in [0.15, 0.2) is 0 Å². The Labute approximate surface area is 78.4 Å². The third kappa shape index (κ3) is 1.08. The van der Waals surface area contributed by atoms with E-state index in [1.807, 2.05) is 6.92 Å². The largest absolute Gasteiger partial charge is 0.285 e. The molecule has 0 saturated carbocycles. The molecule has 2 rings (SSSR count). The second-order valence-corrected chi connectivity index (χ2v) is 3.68. The lowest BCUT2D eigenvalue weighted by atomic mass is 10.1. The highest BCUT2D eigenvalue weighted by molar-refractivity contribution is 9.10. The lowest BCUT2D eigenvalue weighted by molar-refractivity contribution is 0.620. The number of hydrogen-bond donors (Lipinski definition) is 0. The van der Waals surface area contributed by atoms with Crippen LogP contribution in [0.15, 0.2) is 21.6 Å². The minimum Gasteiger partial charge on any atom is -0.285 e. The quantitative estimate of drug-likeness (QED) is 0.647. The average Bonchev–Trinajstić information content (AvgIpc) is 2.35. The zero-order chi connectivity index (χ0) is 8.72. The summed E-state index contributed by atoms with van der Waals surface area (Å²) in [5.41, 5.74) is 2.97. The number of halogens is 2. The smallest absolute Gasteiger partial charge is 0.138 e. The van der Waals surface area contributed by atoms with Gasteiger partial charge in [0.2, 0.25) is 0 Å². The van der Waals surface area contributed by atoms with Crippen molar-refractivity contribution >= 4 is 21.6 Å². The Morgan fingerprint density at radius 1 is 1.50 bits per heavy atom. The van der Waals surface area contributed by atoms with Crippen LogP contribution in [0.3, 0.4) is 0 Å². The molecule has 1 nitrogen and oxygen atoms in total. The standard InChI is InChI=1S/C9H7BrFN/c1-5-7-3-9(11)8(10)2-6(7)4-12-5/h2-3H,4H2,1H3. The van der Waals surface area contributed by atoms with Gasteiger partial charge in [0, 0.05) is 11.3 Å². The average molecular weight is 228 g/mol. The normalized spacial score (nSPS) is 14.4. The molecular weight excluding hydrogens is 221 g/mol. The molecule has 1 aliphatic rings. The van der Waals surface area contributed by atoms with Crippen LogP contribution in [0.2, 0.25) is 0 Å². The molecule has 1 aromatic rings. The molecule has 0 radical (unpaired) electrons. The van der Waals surface area contributed by atoms with Crippen LogP contribution in [0, 0.1) is 5.82 Å². The van der Waals surface area contributed by atoms with E-state index in [4.69, 9.17) is 0 Å². The van der Waals surface area contributed by atoms with Gasteiger partial charge in [0.1, 0.15) is 5.82 Å². The first-order valence-corrected chi connectivity index (χ1v) is 4.47. The van der Waals surface area contributed by atoms with Crippen molar-refractivity contribution in [2.75, 3.05) is 0 Å². The van der Waals surface area contributed by atoms with Crippen LogP contribution >= 0.6 is 15.9 Å². The van der Waals surface area contributed by atoms with Gasteiger partial charge in [-0.1, -0.05) is 0 Å². The maximum absolute atomic E-state index is 13.0. The zero-order valence-corrected chi connectivity index (χ0v) is 8.15. The first-order chi connectivity index (χ1) is 5.68. The monoisotopic (exact) mass is 227 g/mol. The van der Waals surface area contributed by atoms with Gasteiger partial charge in [0.05, 0.1) is 11.0 Å². The Morgan fingerprint density at radius 2 is 2.25 bits per heavy atom. The highest BCUT2D eigenvalue weighted by Gasteiger charge is 2.14. The molecule has 0 bridgehead atoms. The highest BCUT2D eigenvalue weighted by Crippen LogP contribution is 2.25. The van der Waals surface area contributed by atoms with Crippen LogP contribution < -0.4 is 0 Å². The predicted octanol–water partition coefficient (Wildman–Crippen LogP) is 2.91. The second kappa shape index (κ2) is 2.66. The van der Waals surface area contributed by atoms with Crippen molar-refractivity contribution < 1.29 is 4.39 Å². The van der Waals surface area contributed by atoms with Gasteiger partial charge < -0.3 is 0 Å². The lowest BCUT2D eigenvalue weighted by Crippen LogP contribution is -1.93. The van der Waals surface area contributed by atoms with E-state index in [2.05, 4.69) is 20.9 Å². The van der Waals surface area contributed by atoms with Gasteiger partial charge in [-0.15, -0.1) is 0 Å². The van der Waals surface area contributed by atoms with E-state index in [0.29, 0.717) is 11.0 Å². The molecule has 0 fully saturated rings. The van der Waals surface area contributed by atoms with Gasteiger partial charge in [-0.3, -0.25) is 4.99 Å². The molecule has 0 saturated heterocycles. The van der Waals surface area contributed by atoms with Crippen molar-refractivity contribution in [3.8, 4) is 0 Å². The summed E-state index contributed by atoms with van der Waals surface area (Å²) in [6.45, 7) is 2.58. The minimum atomic E-state index is -0.217. The van der Waals surface area contributed by atoms with E-state index in [0.717, 1.165) is 16.8 Å². The van der Waals surface area contributed by atoms with E-state index in [1.165, 1.54) is 6.07 Å². The van der Waals surface area contributed by atoms with Crippen molar-refractivity contribution in [1.29, 1.82) is 0 Å². The Morgan fingerprint density at radius 3 is 3.00 bits per heavy atom. The molecule has 12 heavy (non-hydrogen) atoms. The van der Waals surface area contributed by atoms with Gasteiger partial charge in [0.25, 0.3) is 0 Å². The zero-order valence-electron chi connectivity index (χ0n) is 6.56. The summed E-state index contributed by atoms with van der Waals surface area (Å²) < 4.78 is 13.6. The summed E-state index contributed by atoms with van der Waals surface area (Å²) in [4.78, 5) is 4.22. The Kier molecular flexibility index (Phi) is 1.76. The van der Waals surface area contributed by atoms with Crippen LogP contribution in [-0.2, 0) is 6.54 Å². The van der Waals surface area contributed by atoms with Crippen molar-refractivity contribution in [2.45, 2.75) is 13.5 Å². The fraction of sp³-hybridized carbons (Fsp3) is 0.222. The van der Waals surface area contributed by atoms with Crippen LogP contribution in [0.1, 0.15) is 18.1 Å².